The lowest BCUT2D eigenvalue weighted by Gasteiger charge is -2.37. The van der Waals surface area contributed by atoms with Crippen LogP contribution in [-0.4, -0.2) is 61.5 Å². The van der Waals surface area contributed by atoms with Crippen LogP contribution in [0.4, 0.5) is 10.1 Å². The van der Waals surface area contributed by atoms with Gasteiger partial charge < -0.3 is 14.7 Å². The van der Waals surface area contributed by atoms with Crippen molar-refractivity contribution >= 4 is 30.5 Å². The van der Waals surface area contributed by atoms with Crippen LogP contribution in [-0.2, 0) is 4.74 Å². The second kappa shape index (κ2) is 12.0. The van der Waals surface area contributed by atoms with Gasteiger partial charge in [0.1, 0.15) is 5.82 Å². The highest BCUT2D eigenvalue weighted by molar-refractivity contribution is 5.85. The molecule has 7 heteroatoms. The van der Waals surface area contributed by atoms with E-state index in [4.69, 9.17) is 4.74 Å². The van der Waals surface area contributed by atoms with E-state index in [1.165, 1.54) is 25.3 Å². The number of para-hydroxylation sites is 1. The molecule has 1 saturated heterocycles. The number of rotatable bonds is 6. The SMILES string of the molecule is Cl.Cl.OC(COC1CCCCC1)CN1CCN(c2ccccc2F)CC1. The first kappa shape index (κ1) is 23.4. The Bertz CT molecular complexity index is 510. The Morgan fingerprint density at radius 3 is 2.35 bits per heavy atom. The maximum Gasteiger partial charge on any atom is 0.146 e. The number of aliphatic hydroxyl groups is 1. The van der Waals surface area contributed by atoms with E-state index in [0.717, 1.165) is 39.0 Å². The van der Waals surface area contributed by atoms with E-state index < -0.39 is 6.10 Å². The van der Waals surface area contributed by atoms with E-state index in [1.54, 1.807) is 6.07 Å². The molecule has 0 spiro atoms. The topological polar surface area (TPSA) is 35.9 Å². The van der Waals surface area contributed by atoms with Crippen molar-refractivity contribution in [2.24, 2.45) is 0 Å². The van der Waals surface area contributed by atoms with E-state index in [9.17, 15) is 9.50 Å². The summed E-state index contributed by atoms with van der Waals surface area (Å²) in [5.74, 6) is -0.160. The molecule has 1 aliphatic carbocycles. The third-order valence-corrected chi connectivity index (χ3v) is 5.11. The van der Waals surface area contributed by atoms with Gasteiger partial charge in [0, 0.05) is 32.7 Å². The summed E-state index contributed by atoms with van der Waals surface area (Å²) >= 11 is 0. The summed E-state index contributed by atoms with van der Waals surface area (Å²) in [4.78, 5) is 4.32. The highest BCUT2D eigenvalue weighted by atomic mass is 35.5. The smallest absolute Gasteiger partial charge is 0.146 e. The van der Waals surface area contributed by atoms with E-state index in [2.05, 4.69) is 9.80 Å². The molecule has 2 fully saturated rings. The van der Waals surface area contributed by atoms with Crippen LogP contribution >= 0.6 is 24.8 Å². The molecule has 26 heavy (non-hydrogen) atoms. The highest BCUT2D eigenvalue weighted by Crippen LogP contribution is 2.21. The third kappa shape index (κ3) is 6.86. The van der Waals surface area contributed by atoms with Gasteiger partial charge in [0.25, 0.3) is 0 Å². The zero-order valence-electron chi connectivity index (χ0n) is 15.2. The van der Waals surface area contributed by atoms with Crippen LogP contribution in [0, 0.1) is 5.82 Å². The van der Waals surface area contributed by atoms with Crippen molar-refractivity contribution in [2.75, 3.05) is 44.2 Å². The van der Waals surface area contributed by atoms with Gasteiger partial charge in [-0.3, -0.25) is 4.90 Å². The van der Waals surface area contributed by atoms with Gasteiger partial charge in [-0.05, 0) is 25.0 Å². The molecule has 3 rings (SSSR count). The Balaban J connectivity index is 0.00000169. The summed E-state index contributed by atoms with van der Waals surface area (Å²) in [5, 5.41) is 10.2. The number of piperazine rings is 1. The van der Waals surface area contributed by atoms with Crippen LogP contribution in [0.1, 0.15) is 32.1 Å². The summed E-state index contributed by atoms with van der Waals surface area (Å²) in [5.41, 5.74) is 0.679. The first-order chi connectivity index (χ1) is 11.7. The van der Waals surface area contributed by atoms with Gasteiger partial charge in [-0.2, -0.15) is 0 Å². The number of hydrogen-bond acceptors (Lipinski definition) is 4. The molecule has 150 valence electrons. The Hall–Kier alpha value is -0.590. The van der Waals surface area contributed by atoms with Gasteiger partial charge in [-0.25, -0.2) is 4.39 Å². The first-order valence-electron chi connectivity index (χ1n) is 9.24. The minimum absolute atomic E-state index is 0. The maximum absolute atomic E-state index is 13.8. The lowest BCUT2D eigenvalue weighted by molar-refractivity contribution is -0.0336. The molecule has 1 aliphatic heterocycles. The average Bonchev–Trinajstić information content (AvgIpc) is 2.62. The lowest BCUT2D eigenvalue weighted by Crippen LogP contribution is -2.49. The van der Waals surface area contributed by atoms with Gasteiger partial charge >= 0.3 is 0 Å². The van der Waals surface area contributed by atoms with Crippen LogP contribution in [0.15, 0.2) is 24.3 Å². The Kier molecular flexibility index (Phi) is 10.8. The van der Waals surface area contributed by atoms with Crippen molar-refractivity contribution in [3.8, 4) is 0 Å². The van der Waals surface area contributed by atoms with Gasteiger partial charge in [-0.1, -0.05) is 31.4 Å². The number of halogens is 3. The van der Waals surface area contributed by atoms with Crippen LogP contribution in [0.5, 0.6) is 0 Å². The molecular weight excluding hydrogens is 378 g/mol. The molecule has 1 heterocycles. The molecule has 1 unspecified atom stereocenters. The highest BCUT2D eigenvalue weighted by Gasteiger charge is 2.22. The van der Waals surface area contributed by atoms with Crippen LogP contribution in [0.25, 0.3) is 0 Å². The summed E-state index contributed by atoms with van der Waals surface area (Å²) < 4.78 is 19.7. The monoisotopic (exact) mass is 408 g/mol. The predicted molar refractivity (Wildman–Crippen MR) is 108 cm³/mol. The second-order valence-corrected chi connectivity index (χ2v) is 6.99. The Morgan fingerprint density at radius 1 is 1.04 bits per heavy atom. The van der Waals surface area contributed by atoms with Gasteiger partial charge in [0.05, 0.1) is 24.5 Å². The van der Waals surface area contributed by atoms with Crippen molar-refractivity contribution in [2.45, 2.75) is 44.3 Å². The second-order valence-electron chi connectivity index (χ2n) is 6.99. The largest absolute Gasteiger partial charge is 0.389 e. The summed E-state index contributed by atoms with van der Waals surface area (Å²) in [6.45, 7) is 4.33. The number of anilines is 1. The number of benzene rings is 1. The molecule has 1 aromatic carbocycles. The van der Waals surface area contributed by atoms with Crippen molar-refractivity contribution in [3.05, 3.63) is 30.1 Å². The zero-order valence-corrected chi connectivity index (χ0v) is 16.8. The number of nitrogens with zero attached hydrogens (tertiary/aromatic N) is 2. The van der Waals surface area contributed by atoms with E-state index in [1.807, 2.05) is 12.1 Å². The zero-order chi connectivity index (χ0) is 16.8. The maximum atomic E-state index is 13.8. The molecule has 1 N–H and O–H groups in total. The fraction of sp³-hybridized carbons (Fsp3) is 0.684. The average molecular weight is 409 g/mol. The molecular formula is C19H31Cl2FN2O2. The summed E-state index contributed by atoms with van der Waals surface area (Å²) in [7, 11) is 0. The molecule has 0 amide bonds. The van der Waals surface area contributed by atoms with Gasteiger partial charge in [0.15, 0.2) is 0 Å². The first-order valence-corrected chi connectivity index (χ1v) is 9.24. The summed E-state index contributed by atoms with van der Waals surface area (Å²) in [6, 6.07) is 6.93. The van der Waals surface area contributed by atoms with E-state index >= 15 is 0 Å². The Labute approximate surface area is 168 Å². The van der Waals surface area contributed by atoms with Crippen LogP contribution in [0.3, 0.4) is 0 Å². The third-order valence-electron chi connectivity index (χ3n) is 5.11. The standard InChI is InChI=1S/C19H29FN2O2.2ClH/c20-18-8-4-5-9-19(18)22-12-10-21(11-13-22)14-16(23)15-24-17-6-2-1-3-7-17;;/h4-5,8-9,16-17,23H,1-3,6-7,10-15H2;2*1H. The molecule has 0 bridgehead atoms. The van der Waals surface area contributed by atoms with Crippen molar-refractivity contribution < 1.29 is 14.2 Å². The number of hydrogen-bond donors (Lipinski definition) is 1. The number of aliphatic hydroxyl groups excluding tert-OH is 1. The molecule has 1 aromatic rings. The van der Waals surface area contributed by atoms with Gasteiger partial charge in [0.2, 0.25) is 0 Å². The van der Waals surface area contributed by atoms with Crippen LogP contribution < -0.4 is 4.90 Å². The number of β-amino-alcohol motifs (C(OH)–C–C–N with tert-alkyl or cyclic N) is 1. The van der Waals surface area contributed by atoms with Crippen LogP contribution in [0.2, 0.25) is 0 Å². The van der Waals surface area contributed by atoms with E-state index in [0.29, 0.717) is 24.9 Å². The molecule has 2 aliphatic rings. The van der Waals surface area contributed by atoms with Gasteiger partial charge in [-0.15, -0.1) is 24.8 Å². The molecule has 0 radical (unpaired) electrons. The predicted octanol–water partition coefficient (Wildman–Crippen LogP) is 3.50. The normalized spacial score (nSPS) is 20.2. The van der Waals surface area contributed by atoms with Crippen molar-refractivity contribution in [1.82, 2.24) is 4.90 Å². The number of ether oxygens (including phenoxy) is 1. The minimum atomic E-state index is -0.438. The molecule has 4 nitrogen and oxygen atoms in total. The van der Waals surface area contributed by atoms with Crippen molar-refractivity contribution in [1.29, 1.82) is 0 Å². The molecule has 0 aromatic heterocycles. The van der Waals surface area contributed by atoms with E-state index in [-0.39, 0.29) is 30.6 Å². The molecule has 1 saturated carbocycles. The Morgan fingerprint density at radius 2 is 1.69 bits per heavy atom. The fourth-order valence-electron chi connectivity index (χ4n) is 3.71. The minimum Gasteiger partial charge on any atom is -0.389 e. The molecule has 1 atom stereocenters. The van der Waals surface area contributed by atoms with Crippen molar-refractivity contribution in [3.63, 3.8) is 0 Å². The fourth-order valence-corrected chi connectivity index (χ4v) is 3.71. The lowest BCUT2D eigenvalue weighted by atomic mass is 9.98. The quantitative estimate of drug-likeness (QED) is 0.780. The summed E-state index contributed by atoms with van der Waals surface area (Å²) in [6.07, 6.45) is 5.98.